The summed E-state index contributed by atoms with van der Waals surface area (Å²) in [4.78, 5) is 2.17. The minimum absolute atomic E-state index is 0.289. The minimum atomic E-state index is -2.78. The standard InChI is InChI=1S/C17H29NO4S/c19-23(20)8-5-18(6-9-23)4-7-21-12-22-17-11-13-10-16(17)15-3-1-2-14(13)15/h13-17H,1-12H2. The van der Waals surface area contributed by atoms with E-state index in [0.29, 0.717) is 32.6 Å². The smallest absolute Gasteiger partial charge is 0.152 e. The third-order valence-electron chi connectivity index (χ3n) is 6.72. The Labute approximate surface area is 139 Å². The van der Waals surface area contributed by atoms with E-state index in [1.807, 2.05) is 0 Å². The molecule has 4 rings (SSSR count). The van der Waals surface area contributed by atoms with E-state index < -0.39 is 9.84 Å². The van der Waals surface area contributed by atoms with Gasteiger partial charge >= 0.3 is 0 Å². The normalized spacial score (nSPS) is 42.2. The molecule has 0 aromatic rings. The molecular formula is C17H29NO4S. The Bertz CT molecular complexity index is 509. The van der Waals surface area contributed by atoms with Crippen LogP contribution in [-0.4, -0.2) is 64.0 Å². The Morgan fingerprint density at radius 2 is 1.78 bits per heavy atom. The Balaban J connectivity index is 1.11. The molecule has 0 amide bonds. The maximum atomic E-state index is 11.4. The molecule has 0 radical (unpaired) electrons. The maximum absolute atomic E-state index is 11.4. The fourth-order valence-electron chi connectivity index (χ4n) is 5.56. The molecule has 0 spiro atoms. The lowest BCUT2D eigenvalue weighted by molar-refractivity contribution is -0.115. The van der Waals surface area contributed by atoms with Crippen molar-refractivity contribution < 1.29 is 17.9 Å². The van der Waals surface area contributed by atoms with E-state index in [0.717, 1.165) is 30.2 Å². The second-order valence-corrected chi connectivity index (χ2v) is 10.2. The molecule has 5 unspecified atom stereocenters. The van der Waals surface area contributed by atoms with Gasteiger partial charge in [-0.25, -0.2) is 8.42 Å². The third-order valence-corrected chi connectivity index (χ3v) is 8.33. The molecule has 1 saturated heterocycles. The third kappa shape index (κ3) is 3.46. The number of nitrogens with zero attached hydrogens (tertiary/aromatic N) is 1. The van der Waals surface area contributed by atoms with Gasteiger partial charge in [0.1, 0.15) is 6.79 Å². The van der Waals surface area contributed by atoms with Gasteiger partial charge in [-0.05, 0) is 49.4 Å². The van der Waals surface area contributed by atoms with Gasteiger partial charge in [0.2, 0.25) is 0 Å². The predicted octanol–water partition coefficient (Wildman–Crippen LogP) is 1.53. The van der Waals surface area contributed by atoms with E-state index in [2.05, 4.69) is 4.90 Å². The average Bonchev–Trinajstić information content (AvgIpc) is 3.20. The van der Waals surface area contributed by atoms with E-state index in [9.17, 15) is 8.42 Å². The van der Waals surface area contributed by atoms with Crippen LogP contribution in [0, 0.1) is 23.7 Å². The topological polar surface area (TPSA) is 55.8 Å². The zero-order valence-corrected chi connectivity index (χ0v) is 14.7. The van der Waals surface area contributed by atoms with Gasteiger partial charge in [-0.2, -0.15) is 0 Å². The molecule has 6 heteroatoms. The number of hydrogen-bond donors (Lipinski definition) is 0. The van der Waals surface area contributed by atoms with E-state index in [4.69, 9.17) is 9.47 Å². The van der Waals surface area contributed by atoms with Gasteiger partial charge in [-0.3, -0.25) is 4.90 Å². The van der Waals surface area contributed by atoms with Crippen LogP contribution in [0.4, 0.5) is 0 Å². The van der Waals surface area contributed by atoms with Gasteiger partial charge in [0.25, 0.3) is 0 Å². The fraction of sp³-hybridized carbons (Fsp3) is 1.00. The summed E-state index contributed by atoms with van der Waals surface area (Å²) in [5, 5.41) is 0. The molecule has 0 aromatic heterocycles. The van der Waals surface area contributed by atoms with Gasteiger partial charge < -0.3 is 9.47 Å². The molecular weight excluding hydrogens is 314 g/mol. The number of rotatable bonds is 6. The zero-order valence-electron chi connectivity index (χ0n) is 13.9. The Kier molecular flexibility index (Phi) is 4.69. The van der Waals surface area contributed by atoms with Crippen molar-refractivity contribution in [3.63, 3.8) is 0 Å². The highest BCUT2D eigenvalue weighted by atomic mass is 32.2. The maximum Gasteiger partial charge on any atom is 0.152 e. The van der Waals surface area contributed by atoms with Crippen LogP contribution in [0.1, 0.15) is 32.1 Å². The highest BCUT2D eigenvalue weighted by Crippen LogP contribution is 2.59. The van der Waals surface area contributed by atoms with Crippen LogP contribution in [-0.2, 0) is 19.3 Å². The molecule has 5 nitrogen and oxygen atoms in total. The molecule has 4 aliphatic rings. The van der Waals surface area contributed by atoms with Crippen LogP contribution in [0.25, 0.3) is 0 Å². The molecule has 0 aromatic carbocycles. The predicted molar refractivity (Wildman–Crippen MR) is 87.8 cm³/mol. The van der Waals surface area contributed by atoms with Gasteiger partial charge in [-0.15, -0.1) is 0 Å². The van der Waals surface area contributed by atoms with Gasteiger partial charge in [0, 0.05) is 19.6 Å². The van der Waals surface area contributed by atoms with Crippen LogP contribution in [0.3, 0.4) is 0 Å². The van der Waals surface area contributed by atoms with Crippen LogP contribution in [0.2, 0.25) is 0 Å². The second kappa shape index (κ2) is 6.62. The van der Waals surface area contributed by atoms with Crippen molar-refractivity contribution in [3.8, 4) is 0 Å². The van der Waals surface area contributed by atoms with Crippen LogP contribution < -0.4 is 0 Å². The molecule has 1 aliphatic heterocycles. The molecule has 1 heterocycles. The number of sulfone groups is 1. The lowest BCUT2D eigenvalue weighted by Gasteiger charge is -2.31. The molecule has 23 heavy (non-hydrogen) atoms. The summed E-state index contributed by atoms with van der Waals surface area (Å²) in [6.45, 7) is 3.12. The summed E-state index contributed by atoms with van der Waals surface area (Å²) in [6.07, 6.45) is 7.38. The molecule has 4 fully saturated rings. The largest absolute Gasteiger partial charge is 0.354 e. The SMILES string of the molecule is O=S1(=O)CCN(CCOCOC2CC3CC2C2CCCC32)CC1. The molecule has 0 N–H and O–H groups in total. The summed E-state index contributed by atoms with van der Waals surface area (Å²) >= 11 is 0. The van der Waals surface area contributed by atoms with Crippen molar-refractivity contribution in [1.29, 1.82) is 0 Å². The summed E-state index contributed by atoms with van der Waals surface area (Å²) in [5.41, 5.74) is 0. The van der Waals surface area contributed by atoms with Crippen LogP contribution in [0.15, 0.2) is 0 Å². The second-order valence-electron chi connectivity index (χ2n) is 7.88. The molecule has 3 saturated carbocycles. The summed E-state index contributed by atoms with van der Waals surface area (Å²) in [5.74, 6) is 4.25. The van der Waals surface area contributed by atoms with E-state index >= 15 is 0 Å². The zero-order chi connectivity index (χ0) is 15.9. The van der Waals surface area contributed by atoms with Crippen molar-refractivity contribution in [2.75, 3.05) is 44.5 Å². The lowest BCUT2D eigenvalue weighted by atomic mass is 9.80. The van der Waals surface area contributed by atoms with E-state index in [1.165, 1.54) is 32.1 Å². The number of ether oxygens (including phenoxy) is 2. The summed E-state index contributed by atoms with van der Waals surface area (Å²) in [6, 6.07) is 0. The first kappa shape index (κ1) is 16.3. The monoisotopic (exact) mass is 343 g/mol. The van der Waals surface area contributed by atoms with Gasteiger partial charge in [0.15, 0.2) is 9.84 Å². The van der Waals surface area contributed by atoms with Crippen molar-refractivity contribution in [2.24, 2.45) is 23.7 Å². The van der Waals surface area contributed by atoms with E-state index in [1.54, 1.807) is 0 Å². The average molecular weight is 343 g/mol. The minimum Gasteiger partial charge on any atom is -0.354 e. The Morgan fingerprint density at radius 1 is 1.00 bits per heavy atom. The summed E-state index contributed by atoms with van der Waals surface area (Å²) < 4.78 is 34.5. The Morgan fingerprint density at radius 3 is 2.61 bits per heavy atom. The highest BCUT2D eigenvalue weighted by molar-refractivity contribution is 7.91. The van der Waals surface area contributed by atoms with Crippen molar-refractivity contribution in [3.05, 3.63) is 0 Å². The first-order chi connectivity index (χ1) is 11.1. The van der Waals surface area contributed by atoms with E-state index in [-0.39, 0.29) is 11.5 Å². The quantitative estimate of drug-likeness (QED) is 0.541. The summed E-state index contributed by atoms with van der Waals surface area (Å²) in [7, 11) is -2.78. The van der Waals surface area contributed by atoms with Gasteiger partial charge in [-0.1, -0.05) is 6.42 Å². The van der Waals surface area contributed by atoms with Gasteiger partial charge in [0.05, 0.1) is 24.2 Å². The van der Waals surface area contributed by atoms with Crippen LogP contribution in [0.5, 0.6) is 0 Å². The highest BCUT2D eigenvalue weighted by Gasteiger charge is 2.54. The first-order valence-electron chi connectivity index (χ1n) is 9.24. The molecule has 5 atom stereocenters. The molecule has 132 valence electrons. The first-order valence-corrected chi connectivity index (χ1v) is 11.1. The lowest BCUT2D eigenvalue weighted by Crippen LogP contribution is -2.41. The Hall–Kier alpha value is -0.170. The van der Waals surface area contributed by atoms with Crippen molar-refractivity contribution in [2.45, 2.75) is 38.2 Å². The fourth-order valence-corrected chi connectivity index (χ4v) is 6.84. The number of hydrogen-bond acceptors (Lipinski definition) is 5. The molecule has 2 bridgehead atoms. The number of fused-ring (bicyclic) bond motifs is 5. The van der Waals surface area contributed by atoms with Crippen molar-refractivity contribution in [1.82, 2.24) is 4.90 Å². The molecule has 3 aliphatic carbocycles. The van der Waals surface area contributed by atoms with Crippen LogP contribution >= 0.6 is 0 Å². The van der Waals surface area contributed by atoms with Crippen molar-refractivity contribution >= 4 is 9.84 Å².